The molecule has 10 rings (SSSR count). The smallest absolute Gasteiger partial charge is 0.164 e. The van der Waals surface area contributed by atoms with Gasteiger partial charge in [0.05, 0.1) is 0 Å². The highest BCUT2D eigenvalue weighted by Gasteiger charge is 2.27. The molecule has 0 fully saturated rings. The summed E-state index contributed by atoms with van der Waals surface area (Å²) in [6, 6.07) is 50.5. The Morgan fingerprint density at radius 1 is 0.471 bits per heavy atom. The van der Waals surface area contributed by atoms with Gasteiger partial charge >= 0.3 is 0 Å². The van der Waals surface area contributed by atoms with Crippen LogP contribution in [0.4, 0.5) is 0 Å². The lowest BCUT2D eigenvalue weighted by Gasteiger charge is -2.28. The molecule has 6 aromatic carbocycles. The molecule has 0 N–H and O–H groups in total. The van der Waals surface area contributed by atoms with Crippen molar-refractivity contribution in [1.29, 1.82) is 0 Å². The molecule has 2 heterocycles. The Kier molecular flexibility index (Phi) is 6.91. The molecular formula is C47H31N3O. The maximum Gasteiger partial charge on any atom is 0.164 e. The van der Waals surface area contributed by atoms with Gasteiger partial charge in [-0.05, 0) is 57.6 Å². The average Bonchev–Trinajstić information content (AvgIpc) is 3.59. The monoisotopic (exact) mass is 653 g/mol. The van der Waals surface area contributed by atoms with Crippen molar-refractivity contribution in [3.63, 3.8) is 0 Å². The third-order valence-electron chi connectivity index (χ3n) is 10.1. The summed E-state index contributed by atoms with van der Waals surface area (Å²) >= 11 is 0. The van der Waals surface area contributed by atoms with Crippen LogP contribution in [0.25, 0.3) is 78.6 Å². The zero-order chi connectivity index (χ0) is 33.7. The first kappa shape index (κ1) is 29.3. The molecule has 51 heavy (non-hydrogen) atoms. The molecule has 2 unspecified atom stereocenters. The van der Waals surface area contributed by atoms with Gasteiger partial charge in [-0.2, -0.15) is 0 Å². The molecule has 2 aliphatic carbocycles. The molecule has 2 aromatic heterocycles. The molecule has 0 amide bonds. The first-order valence-electron chi connectivity index (χ1n) is 17.4. The fraction of sp³-hybridized carbons (Fsp3) is 0.0426. The maximum absolute atomic E-state index is 6.54. The molecule has 4 nitrogen and oxygen atoms in total. The number of furan rings is 1. The normalized spacial score (nSPS) is 16.2. The van der Waals surface area contributed by atoms with Crippen molar-refractivity contribution in [2.45, 2.75) is 5.92 Å². The van der Waals surface area contributed by atoms with Crippen molar-refractivity contribution in [1.82, 2.24) is 15.0 Å². The first-order chi connectivity index (χ1) is 25.2. The SMILES string of the molecule is C1=CC2c3ccccc3C=CC2C=C1c1nc(-c2ccccc2)nc(-c2cc(-c3cccc(-c4ccccc4)c3)cc3oc4ccccc4c23)n1. The second kappa shape index (κ2) is 12.0. The van der Waals surface area contributed by atoms with Crippen LogP contribution >= 0.6 is 0 Å². The summed E-state index contributed by atoms with van der Waals surface area (Å²) in [5.41, 5.74) is 11.5. The largest absolute Gasteiger partial charge is 0.456 e. The lowest BCUT2D eigenvalue weighted by Crippen LogP contribution is -2.15. The topological polar surface area (TPSA) is 51.8 Å². The number of fused-ring (bicyclic) bond motifs is 6. The van der Waals surface area contributed by atoms with E-state index in [1.54, 1.807) is 0 Å². The fourth-order valence-corrected chi connectivity index (χ4v) is 7.57. The van der Waals surface area contributed by atoms with Crippen LogP contribution in [-0.4, -0.2) is 15.0 Å². The zero-order valence-corrected chi connectivity index (χ0v) is 27.6. The van der Waals surface area contributed by atoms with Crippen molar-refractivity contribution in [2.24, 2.45) is 5.92 Å². The van der Waals surface area contributed by atoms with Crippen molar-refractivity contribution in [3.05, 3.63) is 187 Å². The van der Waals surface area contributed by atoms with Crippen LogP contribution in [0.15, 0.2) is 174 Å². The van der Waals surface area contributed by atoms with Gasteiger partial charge in [-0.15, -0.1) is 0 Å². The highest BCUT2D eigenvalue weighted by molar-refractivity contribution is 6.13. The summed E-state index contributed by atoms with van der Waals surface area (Å²) in [5.74, 6) is 2.39. The molecule has 0 radical (unpaired) electrons. The van der Waals surface area contributed by atoms with E-state index in [2.05, 4.69) is 140 Å². The second-order valence-corrected chi connectivity index (χ2v) is 13.2. The van der Waals surface area contributed by atoms with Crippen LogP contribution in [0, 0.1) is 5.92 Å². The van der Waals surface area contributed by atoms with E-state index in [1.807, 2.05) is 36.4 Å². The van der Waals surface area contributed by atoms with E-state index in [0.29, 0.717) is 17.5 Å². The molecule has 240 valence electrons. The van der Waals surface area contributed by atoms with Gasteiger partial charge in [0.2, 0.25) is 0 Å². The van der Waals surface area contributed by atoms with E-state index in [0.717, 1.165) is 55.3 Å². The van der Waals surface area contributed by atoms with E-state index in [-0.39, 0.29) is 11.8 Å². The number of nitrogens with zero attached hydrogens (tertiary/aromatic N) is 3. The summed E-state index contributed by atoms with van der Waals surface area (Å²) in [6.07, 6.45) is 11.3. The van der Waals surface area contributed by atoms with E-state index < -0.39 is 0 Å². The molecule has 2 atom stereocenters. The molecular weight excluding hydrogens is 623 g/mol. The minimum atomic E-state index is 0.213. The van der Waals surface area contributed by atoms with Crippen LogP contribution in [0.3, 0.4) is 0 Å². The van der Waals surface area contributed by atoms with Crippen LogP contribution in [-0.2, 0) is 0 Å². The highest BCUT2D eigenvalue weighted by Crippen LogP contribution is 2.42. The van der Waals surface area contributed by atoms with Crippen LogP contribution in [0.5, 0.6) is 0 Å². The van der Waals surface area contributed by atoms with E-state index >= 15 is 0 Å². The number of hydrogen-bond acceptors (Lipinski definition) is 4. The van der Waals surface area contributed by atoms with Gasteiger partial charge in [-0.1, -0.05) is 152 Å². The Labute approximate surface area is 295 Å². The van der Waals surface area contributed by atoms with Crippen LogP contribution in [0.2, 0.25) is 0 Å². The standard InChI is InChI=1S/C47H31N3O/c1-3-12-30(13-4-1)33-17-11-18-34(26-33)37-28-41(44-40-20-9-10-21-42(40)51-43(44)29-37)47-49-45(32-15-5-2-6-16-32)48-46(50-47)36-24-25-39-35(27-36)23-22-31-14-7-8-19-38(31)39/h1-29,35,39H. The molecule has 0 aliphatic heterocycles. The fourth-order valence-electron chi connectivity index (χ4n) is 7.57. The molecule has 0 bridgehead atoms. The minimum Gasteiger partial charge on any atom is -0.456 e. The Morgan fingerprint density at radius 3 is 2.02 bits per heavy atom. The Morgan fingerprint density at radius 2 is 1.16 bits per heavy atom. The number of aromatic nitrogens is 3. The lowest BCUT2D eigenvalue weighted by atomic mass is 9.76. The summed E-state index contributed by atoms with van der Waals surface area (Å²) in [7, 11) is 0. The number of rotatable bonds is 5. The number of allylic oxidation sites excluding steroid dienone is 5. The minimum absolute atomic E-state index is 0.213. The van der Waals surface area contributed by atoms with Crippen LogP contribution in [0.1, 0.15) is 22.9 Å². The summed E-state index contributed by atoms with van der Waals surface area (Å²) in [4.78, 5) is 15.6. The molecule has 2 aliphatic rings. The van der Waals surface area contributed by atoms with Crippen LogP contribution < -0.4 is 0 Å². The Balaban J connectivity index is 1.18. The molecule has 8 aromatic rings. The van der Waals surface area contributed by atoms with E-state index in [1.165, 1.54) is 16.7 Å². The molecule has 0 saturated carbocycles. The van der Waals surface area contributed by atoms with Gasteiger partial charge < -0.3 is 4.42 Å². The predicted octanol–water partition coefficient (Wildman–Crippen LogP) is 11.8. The van der Waals surface area contributed by atoms with Crippen molar-refractivity contribution in [2.75, 3.05) is 0 Å². The van der Waals surface area contributed by atoms with Gasteiger partial charge in [0.25, 0.3) is 0 Å². The van der Waals surface area contributed by atoms with Gasteiger partial charge in [-0.3, -0.25) is 0 Å². The quantitative estimate of drug-likeness (QED) is 0.185. The number of hydrogen-bond donors (Lipinski definition) is 0. The highest BCUT2D eigenvalue weighted by atomic mass is 16.3. The summed E-state index contributed by atoms with van der Waals surface area (Å²) in [5, 5.41) is 2.02. The predicted molar refractivity (Wildman–Crippen MR) is 208 cm³/mol. The van der Waals surface area contributed by atoms with Crippen molar-refractivity contribution >= 4 is 33.6 Å². The second-order valence-electron chi connectivity index (χ2n) is 13.2. The van der Waals surface area contributed by atoms with E-state index in [4.69, 9.17) is 19.4 Å². The Bertz CT molecular complexity index is 2700. The zero-order valence-electron chi connectivity index (χ0n) is 27.6. The van der Waals surface area contributed by atoms with Gasteiger partial charge in [0.15, 0.2) is 17.5 Å². The molecule has 0 spiro atoms. The third-order valence-corrected chi connectivity index (χ3v) is 10.1. The van der Waals surface area contributed by atoms with Gasteiger partial charge in [0, 0.05) is 39.3 Å². The van der Waals surface area contributed by atoms with Gasteiger partial charge in [0.1, 0.15) is 11.2 Å². The first-order valence-corrected chi connectivity index (χ1v) is 17.4. The number of para-hydroxylation sites is 1. The molecule has 4 heteroatoms. The Hall–Kier alpha value is -6.65. The molecule has 0 saturated heterocycles. The summed E-state index contributed by atoms with van der Waals surface area (Å²) in [6.45, 7) is 0. The maximum atomic E-state index is 6.54. The van der Waals surface area contributed by atoms with Crippen molar-refractivity contribution < 1.29 is 4.42 Å². The third kappa shape index (κ3) is 5.20. The number of benzene rings is 6. The van der Waals surface area contributed by atoms with Gasteiger partial charge in [-0.25, -0.2) is 15.0 Å². The summed E-state index contributed by atoms with van der Waals surface area (Å²) < 4.78 is 6.54. The van der Waals surface area contributed by atoms with Crippen molar-refractivity contribution in [3.8, 4) is 45.0 Å². The lowest BCUT2D eigenvalue weighted by molar-refractivity contribution is 0.669. The average molecular weight is 654 g/mol. The van der Waals surface area contributed by atoms with E-state index in [9.17, 15) is 0 Å².